The molecule has 1 aromatic heterocycles. The van der Waals surface area contributed by atoms with Gasteiger partial charge < -0.3 is 20.4 Å². The van der Waals surface area contributed by atoms with Gasteiger partial charge in [-0.1, -0.05) is 30.3 Å². The summed E-state index contributed by atoms with van der Waals surface area (Å²) in [7, 11) is 0. The third kappa shape index (κ3) is 5.67. The summed E-state index contributed by atoms with van der Waals surface area (Å²) in [6.45, 7) is -0.733. The lowest BCUT2D eigenvalue weighted by atomic mass is 10.2. The number of carbonyl (C=O) groups excluding carboxylic acids is 1. The van der Waals surface area contributed by atoms with Crippen molar-refractivity contribution in [2.24, 2.45) is 0 Å². The maximum Gasteiger partial charge on any atom is 0.422 e. The first-order chi connectivity index (χ1) is 12.9. The van der Waals surface area contributed by atoms with E-state index in [4.69, 9.17) is 0 Å². The van der Waals surface area contributed by atoms with Crippen LogP contribution < -0.4 is 15.4 Å². The number of hydrogen-bond donors (Lipinski definition) is 3. The van der Waals surface area contributed by atoms with Crippen molar-refractivity contribution in [2.45, 2.75) is 19.3 Å². The number of ether oxygens (including phenoxy) is 1. The second-order valence-electron chi connectivity index (χ2n) is 5.97. The number of halogens is 3. The minimum atomic E-state index is -4.37. The largest absolute Gasteiger partial charge is 0.484 e. The SMILES string of the molecule is O=C(NCc1ccc(OCC(F)(F)F)cc1)NCc1cc2ccccc2[nH]1. The van der Waals surface area contributed by atoms with E-state index in [1.165, 1.54) is 12.1 Å². The molecule has 0 aliphatic rings. The summed E-state index contributed by atoms with van der Waals surface area (Å²) in [4.78, 5) is 15.1. The number of H-pyrrole nitrogens is 1. The smallest absolute Gasteiger partial charge is 0.422 e. The molecule has 0 aliphatic carbocycles. The molecule has 0 radical (unpaired) electrons. The Bertz CT molecular complexity index is 871. The van der Waals surface area contributed by atoms with Gasteiger partial charge >= 0.3 is 12.2 Å². The first-order valence-corrected chi connectivity index (χ1v) is 8.26. The molecule has 5 nitrogen and oxygen atoms in total. The van der Waals surface area contributed by atoms with Gasteiger partial charge in [-0.05, 0) is 35.2 Å². The number of aromatic amines is 1. The fraction of sp³-hybridized carbons (Fsp3) is 0.211. The molecule has 2 amide bonds. The van der Waals surface area contributed by atoms with Crippen molar-refractivity contribution in [3.63, 3.8) is 0 Å². The van der Waals surface area contributed by atoms with Crippen LogP contribution in [0.1, 0.15) is 11.3 Å². The van der Waals surface area contributed by atoms with Crippen molar-refractivity contribution >= 4 is 16.9 Å². The number of para-hydroxylation sites is 1. The van der Waals surface area contributed by atoms with Crippen molar-refractivity contribution in [1.29, 1.82) is 0 Å². The molecule has 0 spiro atoms. The fourth-order valence-electron chi connectivity index (χ4n) is 2.52. The van der Waals surface area contributed by atoms with Crippen molar-refractivity contribution < 1.29 is 22.7 Å². The van der Waals surface area contributed by atoms with Gasteiger partial charge in [0.2, 0.25) is 0 Å². The number of alkyl halides is 3. The number of amides is 2. The van der Waals surface area contributed by atoms with Gasteiger partial charge in [0.1, 0.15) is 5.75 Å². The van der Waals surface area contributed by atoms with Gasteiger partial charge in [0.05, 0.1) is 6.54 Å². The average molecular weight is 377 g/mol. The molecule has 0 bridgehead atoms. The van der Waals surface area contributed by atoms with E-state index in [-0.39, 0.29) is 18.3 Å². The minimum Gasteiger partial charge on any atom is -0.484 e. The van der Waals surface area contributed by atoms with Crippen LogP contribution in [0.2, 0.25) is 0 Å². The summed E-state index contributed by atoms with van der Waals surface area (Å²) in [5.74, 6) is 0.124. The Morgan fingerprint density at radius 2 is 1.70 bits per heavy atom. The maximum atomic E-state index is 12.1. The Kier molecular flexibility index (Phi) is 5.54. The molecule has 0 saturated carbocycles. The molecule has 0 fully saturated rings. The highest BCUT2D eigenvalue weighted by atomic mass is 19.4. The van der Waals surface area contributed by atoms with E-state index in [2.05, 4.69) is 20.4 Å². The van der Waals surface area contributed by atoms with Crippen LogP contribution in [0.4, 0.5) is 18.0 Å². The van der Waals surface area contributed by atoms with Crippen LogP contribution in [0.3, 0.4) is 0 Å². The number of nitrogens with one attached hydrogen (secondary N) is 3. The quantitative estimate of drug-likeness (QED) is 0.605. The third-order valence-corrected chi connectivity index (χ3v) is 3.80. The van der Waals surface area contributed by atoms with Gasteiger partial charge in [-0.15, -0.1) is 0 Å². The zero-order valence-corrected chi connectivity index (χ0v) is 14.3. The Morgan fingerprint density at radius 3 is 2.41 bits per heavy atom. The summed E-state index contributed by atoms with van der Waals surface area (Å²) in [5, 5.41) is 6.51. The van der Waals surface area contributed by atoms with Gasteiger partial charge in [-0.25, -0.2) is 4.79 Å². The van der Waals surface area contributed by atoms with Gasteiger partial charge in [-0.3, -0.25) is 0 Å². The predicted molar refractivity (Wildman–Crippen MR) is 95.4 cm³/mol. The topological polar surface area (TPSA) is 66.2 Å². The number of fused-ring (bicyclic) bond motifs is 1. The second kappa shape index (κ2) is 8.03. The van der Waals surface area contributed by atoms with Crippen LogP contribution in [0, 0.1) is 0 Å². The van der Waals surface area contributed by atoms with Gasteiger partial charge in [0.25, 0.3) is 0 Å². The molecular weight excluding hydrogens is 359 g/mol. The van der Waals surface area contributed by atoms with Crippen molar-refractivity contribution in [3.05, 3.63) is 65.9 Å². The van der Waals surface area contributed by atoms with E-state index in [0.717, 1.165) is 22.2 Å². The molecule has 8 heteroatoms. The molecule has 0 saturated heterocycles. The molecule has 27 heavy (non-hydrogen) atoms. The lowest BCUT2D eigenvalue weighted by Gasteiger charge is -2.10. The number of hydrogen-bond acceptors (Lipinski definition) is 2. The molecule has 1 heterocycles. The van der Waals surface area contributed by atoms with Crippen LogP contribution in [0.5, 0.6) is 5.75 Å². The summed E-state index contributed by atoms with van der Waals surface area (Å²) in [5.41, 5.74) is 2.63. The van der Waals surface area contributed by atoms with Crippen LogP contribution in [0.25, 0.3) is 10.9 Å². The van der Waals surface area contributed by atoms with Crippen molar-refractivity contribution in [1.82, 2.24) is 15.6 Å². The summed E-state index contributed by atoms with van der Waals surface area (Å²) >= 11 is 0. The van der Waals surface area contributed by atoms with Crippen LogP contribution in [0.15, 0.2) is 54.6 Å². The fourth-order valence-corrected chi connectivity index (χ4v) is 2.52. The normalized spacial score (nSPS) is 11.4. The number of carbonyl (C=O) groups is 1. The zero-order chi connectivity index (χ0) is 19.3. The average Bonchev–Trinajstić information content (AvgIpc) is 3.06. The van der Waals surface area contributed by atoms with E-state index in [1.807, 2.05) is 30.3 Å². The molecule has 0 unspecified atom stereocenters. The first kappa shape index (κ1) is 18.6. The maximum absolute atomic E-state index is 12.1. The Hall–Kier alpha value is -3.16. The van der Waals surface area contributed by atoms with E-state index in [9.17, 15) is 18.0 Å². The highest BCUT2D eigenvalue weighted by Gasteiger charge is 2.28. The molecule has 3 aromatic rings. The van der Waals surface area contributed by atoms with Crippen LogP contribution >= 0.6 is 0 Å². The third-order valence-electron chi connectivity index (χ3n) is 3.80. The molecule has 142 valence electrons. The van der Waals surface area contributed by atoms with E-state index in [0.29, 0.717) is 6.54 Å². The molecule has 2 aromatic carbocycles. The van der Waals surface area contributed by atoms with Gasteiger partial charge in [-0.2, -0.15) is 13.2 Å². The van der Waals surface area contributed by atoms with Crippen LogP contribution in [-0.2, 0) is 13.1 Å². The van der Waals surface area contributed by atoms with Crippen molar-refractivity contribution in [3.8, 4) is 5.75 Å². The Morgan fingerprint density at radius 1 is 1.00 bits per heavy atom. The lowest BCUT2D eigenvalue weighted by Crippen LogP contribution is -2.34. The molecule has 3 rings (SSSR count). The second-order valence-corrected chi connectivity index (χ2v) is 5.97. The summed E-state index contributed by atoms with van der Waals surface area (Å²) < 4.78 is 40.9. The van der Waals surface area contributed by atoms with Gasteiger partial charge in [0, 0.05) is 17.8 Å². The minimum absolute atomic E-state index is 0.124. The van der Waals surface area contributed by atoms with Crippen molar-refractivity contribution in [2.75, 3.05) is 6.61 Å². The lowest BCUT2D eigenvalue weighted by molar-refractivity contribution is -0.153. The molecular formula is C19H18F3N3O2. The first-order valence-electron chi connectivity index (χ1n) is 8.26. The Balaban J connectivity index is 1.43. The van der Waals surface area contributed by atoms with E-state index >= 15 is 0 Å². The number of rotatable bonds is 6. The Labute approximate surface area is 153 Å². The summed E-state index contributed by atoms with van der Waals surface area (Å²) in [6, 6.07) is 15.5. The van der Waals surface area contributed by atoms with E-state index in [1.54, 1.807) is 12.1 Å². The zero-order valence-electron chi connectivity index (χ0n) is 14.3. The summed E-state index contributed by atoms with van der Waals surface area (Å²) in [6.07, 6.45) is -4.37. The highest BCUT2D eigenvalue weighted by molar-refractivity contribution is 5.80. The molecule has 3 N–H and O–H groups in total. The standard InChI is InChI=1S/C19H18F3N3O2/c20-19(21,22)12-27-16-7-5-13(6-8-16)10-23-18(26)24-11-15-9-14-3-1-2-4-17(14)25-15/h1-9,25H,10-12H2,(H2,23,24,26). The monoisotopic (exact) mass is 377 g/mol. The number of benzene rings is 2. The van der Waals surface area contributed by atoms with Gasteiger partial charge in [0.15, 0.2) is 6.61 Å². The number of urea groups is 1. The van der Waals surface area contributed by atoms with Crippen LogP contribution in [-0.4, -0.2) is 23.8 Å². The highest BCUT2D eigenvalue weighted by Crippen LogP contribution is 2.19. The molecule has 0 atom stereocenters. The predicted octanol–water partition coefficient (Wildman–Crippen LogP) is 4.11. The molecule has 0 aliphatic heterocycles. The number of aromatic nitrogens is 1. The van der Waals surface area contributed by atoms with E-state index < -0.39 is 12.8 Å².